The molecule has 1 heterocycles. The normalized spacial score (nSPS) is 22.5. The molecule has 0 unspecified atom stereocenters. The lowest BCUT2D eigenvalue weighted by atomic mass is 10.0. The number of hydrogen-bond acceptors (Lipinski definition) is 1. The van der Waals surface area contributed by atoms with Gasteiger partial charge in [0.1, 0.15) is 18.0 Å². The van der Waals surface area contributed by atoms with Crippen molar-refractivity contribution in [1.29, 1.82) is 0 Å². The van der Waals surface area contributed by atoms with Crippen LogP contribution in [0.15, 0.2) is 48.5 Å². The van der Waals surface area contributed by atoms with E-state index in [1.165, 1.54) is 23.3 Å². The predicted molar refractivity (Wildman–Crippen MR) is 64.1 cm³/mol. The van der Waals surface area contributed by atoms with Crippen LogP contribution in [0.4, 0.5) is 4.39 Å². The maximum atomic E-state index is 12.8. The SMILES string of the molecule is Cc1ccc([C@H]2O[C@H]2c2ccc(F)cc2)cc1. The van der Waals surface area contributed by atoms with E-state index < -0.39 is 0 Å². The summed E-state index contributed by atoms with van der Waals surface area (Å²) in [7, 11) is 0. The van der Waals surface area contributed by atoms with Crippen molar-refractivity contribution < 1.29 is 9.13 Å². The molecule has 1 saturated heterocycles. The number of ether oxygens (including phenoxy) is 1. The van der Waals surface area contributed by atoms with Crippen molar-refractivity contribution in [2.45, 2.75) is 19.1 Å². The van der Waals surface area contributed by atoms with Crippen LogP contribution in [0.1, 0.15) is 28.9 Å². The van der Waals surface area contributed by atoms with E-state index >= 15 is 0 Å². The van der Waals surface area contributed by atoms with Crippen LogP contribution in [0.25, 0.3) is 0 Å². The molecule has 0 N–H and O–H groups in total. The molecule has 0 saturated carbocycles. The van der Waals surface area contributed by atoms with Crippen molar-refractivity contribution in [3.8, 4) is 0 Å². The third-order valence-electron chi connectivity index (χ3n) is 3.10. The number of benzene rings is 2. The summed E-state index contributed by atoms with van der Waals surface area (Å²) in [5.41, 5.74) is 3.47. The molecule has 0 aromatic heterocycles. The van der Waals surface area contributed by atoms with Crippen molar-refractivity contribution in [3.63, 3.8) is 0 Å². The highest BCUT2D eigenvalue weighted by molar-refractivity contribution is 5.31. The number of epoxide rings is 1. The Labute approximate surface area is 99.9 Å². The van der Waals surface area contributed by atoms with E-state index in [2.05, 4.69) is 31.2 Å². The first kappa shape index (κ1) is 10.5. The van der Waals surface area contributed by atoms with Crippen molar-refractivity contribution in [2.24, 2.45) is 0 Å². The van der Waals surface area contributed by atoms with E-state index in [9.17, 15) is 4.39 Å². The highest BCUT2D eigenvalue weighted by Gasteiger charge is 2.41. The van der Waals surface area contributed by atoms with Crippen molar-refractivity contribution in [1.82, 2.24) is 0 Å². The topological polar surface area (TPSA) is 12.5 Å². The van der Waals surface area contributed by atoms with E-state index in [1.807, 2.05) is 0 Å². The highest BCUT2D eigenvalue weighted by Crippen LogP contribution is 2.50. The summed E-state index contributed by atoms with van der Waals surface area (Å²) in [4.78, 5) is 0. The second-order valence-corrected chi connectivity index (χ2v) is 4.44. The summed E-state index contributed by atoms with van der Waals surface area (Å²) in [5, 5.41) is 0. The molecule has 0 bridgehead atoms. The first-order valence-corrected chi connectivity index (χ1v) is 5.71. The number of aryl methyl sites for hydroxylation is 1. The Morgan fingerprint density at radius 1 is 0.824 bits per heavy atom. The molecule has 1 aliphatic heterocycles. The molecule has 1 nitrogen and oxygen atoms in total. The lowest BCUT2D eigenvalue weighted by Crippen LogP contribution is -1.85. The van der Waals surface area contributed by atoms with Gasteiger partial charge in [-0.2, -0.15) is 0 Å². The van der Waals surface area contributed by atoms with E-state index in [-0.39, 0.29) is 18.0 Å². The Hall–Kier alpha value is -1.67. The van der Waals surface area contributed by atoms with E-state index in [4.69, 9.17) is 4.74 Å². The number of halogens is 1. The van der Waals surface area contributed by atoms with Crippen LogP contribution in [0.3, 0.4) is 0 Å². The lowest BCUT2D eigenvalue weighted by molar-refractivity contribution is 0.377. The molecule has 0 radical (unpaired) electrons. The van der Waals surface area contributed by atoms with Crippen LogP contribution in [0.2, 0.25) is 0 Å². The van der Waals surface area contributed by atoms with Gasteiger partial charge in [0.2, 0.25) is 0 Å². The van der Waals surface area contributed by atoms with Gasteiger partial charge in [0.25, 0.3) is 0 Å². The van der Waals surface area contributed by atoms with Crippen LogP contribution < -0.4 is 0 Å². The fraction of sp³-hybridized carbons (Fsp3) is 0.200. The molecule has 2 aromatic carbocycles. The van der Waals surface area contributed by atoms with Gasteiger partial charge in [-0.1, -0.05) is 42.0 Å². The summed E-state index contributed by atoms with van der Waals surface area (Å²) >= 11 is 0. The maximum absolute atomic E-state index is 12.8. The molecule has 86 valence electrons. The monoisotopic (exact) mass is 228 g/mol. The third kappa shape index (κ3) is 2.08. The van der Waals surface area contributed by atoms with Crippen LogP contribution in [-0.2, 0) is 4.74 Å². The van der Waals surface area contributed by atoms with Gasteiger partial charge in [-0.15, -0.1) is 0 Å². The minimum absolute atomic E-state index is 0.0818. The fourth-order valence-electron chi connectivity index (χ4n) is 2.03. The molecular weight excluding hydrogens is 215 g/mol. The molecule has 17 heavy (non-hydrogen) atoms. The summed E-state index contributed by atoms with van der Waals surface area (Å²) in [6, 6.07) is 14.9. The zero-order chi connectivity index (χ0) is 11.8. The van der Waals surface area contributed by atoms with E-state index in [0.717, 1.165) is 5.56 Å². The number of hydrogen-bond donors (Lipinski definition) is 0. The molecule has 2 atom stereocenters. The molecule has 1 aliphatic rings. The predicted octanol–water partition coefficient (Wildman–Crippen LogP) is 3.95. The Kier molecular flexibility index (Phi) is 2.45. The quantitative estimate of drug-likeness (QED) is 0.709. The first-order chi connectivity index (χ1) is 8.24. The zero-order valence-corrected chi connectivity index (χ0v) is 9.56. The largest absolute Gasteiger partial charge is 0.359 e. The molecule has 1 fully saturated rings. The zero-order valence-electron chi connectivity index (χ0n) is 9.56. The molecule has 3 rings (SSSR count). The van der Waals surface area contributed by atoms with Crippen molar-refractivity contribution >= 4 is 0 Å². The van der Waals surface area contributed by atoms with Crippen LogP contribution in [0.5, 0.6) is 0 Å². The molecule has 2 aromatic rings. The Balaban J connectivity index is 1.78. The standard InChI is InChI=1S/C15H13FO/c1-10-2-4-11(5-3-10)14-15(17-14)12-6-8-13(16)9-7-12/h2-9,14-15H,1H3/t14-,15+/m1/s1. The minimum atomic E-state index is -0.207. The molecule has 0 amide bonds. The van der Waals surface area contributed by atoms with Gasteiger partial charge in [-0.3, -0.25) is 0 Å². The van der Waals surface area contributed by atoms with E-state index in [0.29, 0.717) is 0 Å². The van der Waals surface area contributed by atoms with Gasteiger partial charge in [-0.25, -0.2) is 4.39 Å². The fourth-order valence-corrected chi connectivity index (χ4v) is 2.03. The van der Waals surface area contributed by atoms with Gasteiger partial charge < -0.3 is 4.74 Å². The van der Waals surface area contributed by atoms with E-state index in [1.54, 1.807) is 12.1 Å². The summed E-state index contributed by atoms with van der Waals surface area (Å²) in [6.45, 7) is 2.06. The highest BCUT2D eigenvalue weighted by atomic mass is 19.1. The molecule has 0 spiro atoms. The van der Waals surface area contributed by atoms with Gasteiger partial charge in [0.05, 0.1) is 0 Å². The Morgan fingerprint density at radius 2 is 1.29 bits per heavy atom. The Bertz CT molecular complexity index is 466. The summed E-state index contributed by atoms with van der Waals surface area (Å²) < 4.78 is 18.4. The van der Waals surface area contributed by atoms with Gasteiger partial charge >= 0.3 is 0 Å². The van der Waals surface area contributed by atoms with Crippen LogP contribution in [0, 0.1) is 12.7 Å². The summed E-state index contributed by atoms with van der Waals surface area (Å²) in [5.74, 6) is -0.207. The van der Waals surface area contributed by atoms with Crippen molar-refractivity contribution in [3.05, 3.63) is 71.0 Å². The van der Waals surface area contributed by atoms with Crippen LogP contribution in [-0.4, -0.2) is 0 Å². The second kappa shape index (κ2) is 3.97. The number of rotatable bonds is 2. The smallest absolute Gasteiger partial charge is 0.123 e. The lowest BCUT2D eigenvalue weighted by Gasteiger charge is -1.98. The average molecular weight is 228 g/mol. The molecular formula is C15H13FO. The second-order valence-electron chi connectivity index (χ2n) is 4.44. The summed E-state index contributed by atoms with van der Waals surface area (Å²) in [6.07, 6.45) is 0.208. The van der Waals surface area contributed by atoms with Crippen LogP contribution >= 0.6 is 0 Å². The molecule has 2 heteroatoms. The van der Waals surface area contributed by atoms with Crippen molar-refractivity contribution in [2.75, 3.05) is 0 Å². The van der Waals surface area contributed by atoms with Gasteiger partial charge in [0.15, 0.2) is 0 Å². The maximum Gasteiger partial charge on any atom is 0.123 e. The average Bonchev–Trinajstić information content (AvgIpc) is 3.11. The first-order valence-electron chi connectivity index (χ1n) is 5.71. The molecule has 0 aliphatic carbocycles. The Morgan fingerprint density at radius 3 is 1.82 bits per heavy atom. The third-order valence-corrected chi connectivity index (χ3v) is 3.10. The minimum Gasteiger partial charge on any atom is -0.359 e. The van der Waals surface area contributed by atoms with Gasteiger partial charge in [-0.05, 0) is 30.2 Å². The van der Waals surface area contributed by atoms with Gasteiger partial charge in [0, 0.05) is 0 Å².